The Labute approximate surface area is 129 Å². The van der Waals surface area contributed by atoms with Crippen molar-refractivity contribution in [1.29, 1.82) is 0 Å². The Kier molecular flexibility index (Phi) is 4.12. The smallest absolute Gasteiger partial charge is 0.0617 e. The molecule has 0 aliphatic rings. The largest absolute Gasteiger partial charge is 0.397 e. The van der Waals surface area contributed by atoms with Gasteiger partial charge in [0.1, 0.15) is 0 Å². The van der Waals surface area contributed by atoms with Crippen molar-refractivity contribution in [1.82, 2.24) is 0 Å². The van der Waals surface area contributed by atoms with Gasteiger partial charge < -0.3 is 11.1 Å². The highest BCUT2D eigenvalue weighted by molar-refractivity contribution is 7.99. The zero-order chi connectivity index (χ0) is 14.5. The zero-order valence-corrected chi connectivity index (χ0v) is 12.3. The van der Waals surface area contributed by atoms with Crippen LogP contribution in [-0.2, 0) is 0 Å². The highest BCUT2D eigenvalue weighted by atomic mass is 32.2. The number of hydrogen-bond donors (Lipinski definition) is 2. The van der Waals surface area contributed by atoms with Gasteiger partial charge in [-0.15, -0.1) is 0 Å². The fourth-order valence-corrected chi connectivity index (χ4v) is 2.83. The summed E-state index contributed by atoms with van der Waals surface area (Å²) in [7, 11) is 0. The van der Waals surface area contributed by atoms with Crippen molar-refractivity contribution in [3.05, 3.63) is 78.9 Å². The van der Waals surface area contributed by atoms with E-state index in [1.54, 1.807) is 11.8 Å². The Morgan fingerprint density at radius 1 is 0.667 bits per heavy atom. The van der Waals surface area contributed by atoms with Crippen LogP contribution in [0.25, 0.3) is 0 Å². The Bertz CT molecular complexity index is 709. The third-order valence-electron chi connectivity index (χ3n) is 3.07. The number of nitrogens with two attached hydrogens (primary N) is 1. The molecule has 3 aromatic carbocycles. The zero-order valence-electron chi connectivity index (χ0n) is 11.5. The van der Waals surface area contributed by atoms with Crippen LogP contribution in [0.1, 0.15) is 0 Å². The van der Waals surface area contributed by atoms with Gasteiger partial charge in [-0.25, -0.2) is 0 Å². The molecule has 0 saturated carbocycles. The lowest BCUT2D eigenvalue weighted by molar-refractivity contribution is 1.40. The van der Waals surface area contributed by atoms with Crippen LogP contribution in [0.5, 0.6) is 0 Å². The Morgan fingerprint density at radius 3 is 2.00 bits per heavy atom. The van der Waals surface area contributed by atoms with Crippen LogP contribution in [0.2, 0.25) is 0 Å². The molecule has 0 radical (unpaired) electrons. The van der Waals surface area contributed by atoms with Gasteiger partial charge in [-0.3, -0.25) is 0 Å². The highest BCUT2D eigenvalue weighted by Gasteiger charge is 2.00. The molecule has 104 valence electrons. The number of para-hydroxylation sites is 2. The molecular weight excluding hydrogens is 276 g/mol. The number of nitrogen functional groups attached to an aromatic ring is 1. The van der Waals surface area contributed by atoms with E-state index < -0.39 is 0 Å². The average Bonchev–Trinajstić information content (AvgIpc) is 2.52. The molecular formula is C18H16N2S. The number of nitrogens with one attached hydrogen (secondary N) is 1. The lowest BCUT2D eigenvalue weighted by atomic mass is 10.2. The molecule has 3 heteroatoms. The summed E-state index contributed by atoms with van der Waals surface area (Å²) in [5.74, 6) is 0. The van der Waals surface area contributed by atoms with Crippen LogP contribution >= 0.6 is 11.8 Å². The summed E-state index contributed by atoms with van der Waals surface area (Å²) in [5, 5.41) is 3.33. The van der Waals surface area contributed by atoms with Gasteiger partial charge in [-0.2, -0.15) is 0 Å². The maximum Gasteiger partial charge on any atom is 0.0617 e. The van der Waals surface area contributed by atoms with Crippen LogP contribution < -0.4 is 11.1 Å². The van der Waals surface area contributed by atoms with E-state index in [0.29, 0.717) is 0 Å². The van der Waals surface area contributed by atoms with Gasteiger partial charge in [0, 0.05) is 15.5 Å². The van der Waals surface area contributed by atoms with E-state index in [9.17, 15) is 0 Å². The first-order valence-corrected chi connectivity index (χ1v) is 7.57. The second-order valence-corrected chi connectivity index (χ2v) is 5.80. The first-order valence-electron chi connectivity index (χ1n) is 6.76. The topological polar surface area (TPSA) is 38.0 Å². The van der Waals surface area contributed by atoms with Crippen LogP contribution in [0, 0.1) is 0 Å². The van der Waals surface area contributed by atoms with E-state index in [0.717, 1.165) is 17.1 Å². The predicted molar refractivity (Wildman–Crippen MR) is 91.1 cm³/mol. The molecule has 0 unspecified atom stereocenters. The molecule has 3 aromatic rings. The minimum absolute atomic E-state index is 0.750. The minimum atomic E-state index is 0.750. The molecule has 0 fully saturated rings. The van der Waals surface area contributed by atoms with Gasteiger partial charge in [0.05, 0.1) is 11.4 Å². The first kappa shape index (κ1) is 13.6. The van der Waals surface area contributed by atoms with E-state index in [-0.39, 0.29) is 0 Å². The van der Waals surface area contributed by atoms with E-state index >= 15 is 0 Å². The molecule has 0 aliphatic heterocycles. The van der Waals surface area contributed by atoms with Crippen molar-refractivity contribution >= 4 is 28.8 Å². The maximum atomic E-state index is 5.93. The van der Waals surface area contributed by atoms with Crippen molar-refractivity contribution in [3.63, 3.8) is 0 Å². The minimum Gasteiger partial charge on any atom is -0.397 e. The second-order valence-electron chi connectivity index (χ2n) is 4.65. The van der Waals surface area contributed by atoms with Crippen molar-refractivity contribution in [2.24, 2.45) is 0 Å². The summed E-state index contributed by atoms with van der Waals surface area (Å²) in [5.41, 5.74) is 8.65. The van der Waals surface area contributed by atoms with E-state index in [4.69, 9.17) is 5.73 Å². The third kappa shape index (κ3) is 3.58. The average molecular weight is 292 g/mol. The molecule has 0 bridgehead atoms. The van der Waals surface area contributed by atoms with E-state index in [1.807, 2.05) is 30.3 Å². The fraction of sp³-hybridized carbons (Fsp3) is 0. The van der Waals surface area contributed by atoms with Crippen molar-refractivity contribution in [3.8, 4) is 0 Å². The number of rotatable bonds is 4. The molecule has 0 spiro atoms. The maximum absolute atomic E-state index is 5.93. The van der Waals surface area contributed by atoms with Crippen molar-refractivity contribution in [2.75, 3.05) is 11.1 Å². The highest BCUT2D eigenvalue weighted by Crippen LogP contribution is 2.29. The molecule has 0 aromatic heterocycles. The molecule has 0 atom stereocenters. The summed E-state index contributed by atoms with van der Waals surface area (Å²) < 4.78 is 0. The lowest BCUT2D eigenvalue weighted by Gasteiger charge is -2.09. The number of anilines is 3. The Morgan fingerprint density at radius 2 is 1.29 bits per heavy atom. The molecule has 0 saturated heterocycles. The van der Waals surface area contributed by atoms with E-state index in [2.05, 4.69) is 53.8 Å². The van der Waals surface area contributed by atoms with Crippen molar-refractivity contribution < 1.29 is 0 Å². The standard InChI is InChI=1S/C18H16N2S/c19-17-8-4-5-9-18(17)20-14-10-12-16(13-11-14)21-15-6-2-1-3-7-15/h1-13,20H,19H2. The molecule has 0 aliphatic carbocycles. The normalized spacial score (nSPS) is 10.3. The monoisotopic (exact) mass is 292 g/mol. The van der Waals surface area contributed by atoms with Crippen molar-refractivity contribution in [2.45, 2.75) is 9.79 Å². The SMILES string of the molecule is Nc1ccccc1Nc1ccc(Sc2ccccc2)cc1. The molecule has 3 rings (SSSR count). The third-order valence-corrected chi connectivity index (χ3v) is 4.09. The second kappa shape index (κ2) is 6.37. The molecule has 3 N–H and O–H groups in total. The Balaban J connectivity index is 1.71. The van der Waals surface area contributed by atoms with Crippen LogP contribution in [0.3, 0.4) is 0 Å². The van der Waals surface area contributed by atoms with Crippen LogP contribution in [0.15, 0.2) is 88.7 Å². The summed E-state index contributed by atoms with van der Waals surface area (Å²) in [6.45, 7) is 0. The summed E-state index contributed by atoms with van der Waals surface area (Å²) >= 11 is 1.75. The Hall–Kier alpha value is -2.39. The molecule has 2 nitrogen and oxygen atoms in total. The predicted octanol–water partition coefficient (Wildman–Crippen LogP) is 5.16. The van der Waals surface area contributed by atoms with Gasteiger partial charge in [-0.1, -0.05) is 42.1 Å². The fourth-order valence-electron chi connectivity index (χ4n) is 2.00. The lowest BCUT2D eigenvalue weighted by Crippen LogP contribution is -1.95. The van der Waals surface area contributed by atoms with Gasteiger partial charge in [0.15, 0.2) is 0 Å². The molecule has 0 heterocycles. The van der Waals surface area contributed by atoms with Crippen LogP contribution in [0.4, 0.5) is 17.1 Å². The van der Waals surface area contributed by atoms with Crippen LogP contribution in [-0.4, -0.2) is 0 Å². The number of benzene rings is 3. The summed E-state index contributed by atoms with van der Waals surface area (Å²) in [6, 6.07) is 26.5. The number of hydrogen-bond acceptors (Lipinski definition) is 3. The van der Waals surface area contributed by atoms with E-state index in [1.165, 1.54) is 9.79 Å². The van der Waals surface area contributed by atoms with Gasteiger partial charge in [0.2, 0.25) is 0 Å². The van der Waals surface area contributed by atoms with Gasteiger partial charge >= 0.3 is 0 Å². The van der Waals surface area contributed by atoms with Gasteiger partial charge in [-0.05, 0) is 48.5 Å². The quantitative estimate of drug-likeness (QED) is 0.652. The van der Waals surface area contributed by atoms with Gasteiger partial charge in [0.25, 0.3) is 0 Å². The summed E-state index contributed by atoms with van der Waals surface area (Å²) in [6.07, 6.45) is 0. The first-order chi connectivity index (χ1) is 10.3. The summed E-state index contributed by atoms with van der Waals surface area (Å²) in [4.78, 5) is 2.46. The molecule has 0 amide bonds. The molecule has 21 heavy (non-hydrogen) atoms.